The maximum absolute atomic E-state index is 6.29. The van der Waals surface area contributed by atoms with Gasteiger partial charge < -0.3 is 10.1 Å². The predicted molar refractivity (Wildman–Crippen MR) is 158 cm³/mol. The average molecular weight is 540 g/mol. The number of allylic oxidation sites excluding steroid dienone is 2. The molecule has 2 aliphatic rings. The van der Waals surface area contributed by atoms with Gasteiger partial charge in [-0.15, -0.1) is 0 Å². The Morgan fingerprint density at radius 2 is 1.79 bits per heavy atom. The molecule has 5 heteroatoms. The minimum absolute atomic E-state index is 0.266. The topological polar surface area (TPSA) is 33.6 Å². The van der Waals surface area contributed by atoms with Crippen LogP contribution in [0.15, 0.2) is 102 Å². The minimum Gasteiger partial charge on any atom is -0.488 e. The Labute approximate surface area is 233 Å². The third-order valence-electron chi connectivity index (χ3n) is 7.38. The SMILES string of the molecule is Cc1ccc2c(c1)[C@@H]1C=CC[C@@H]1[C@@H](c1ccc(N=Cc3cc(Cl)ccc3OCc3cccc(Cl)c3)cc1)N2. The van der Waals surface area contributed by atoms with E-state index in [4.69, 9.17) is 32.9 Å². The smallest absolute Gasteiger partial charge is 0.128 e. The van der Waals surface area contributed by atoms with Crippen molar-refractivity contribution in [3.8, 4) is 5.75 Å². The first kappa shape index (κ1) is 24.8. The van der Waals surface area contributed by atoms with E-state index in [0.717, 1.165) is 29.0 Å². The summed E-state index contributed by atoms with van der Waals surface area (Å²) in [6, 6.07) is 28.7. The number of aryl methyl sites for hydroxylation is 1. The van der Waals surface area contributed by atoms with Gasteiger partial charge in [-0.05, 0) is 84.5 Å². The van der Waals surface area contributed by atoms with Gasteiger partial charge in [0, 0.05) is 33.4 Å². The van der Waals surface area contributed by atoms with E-state index in [1.807, 2.05) is 48.7 Å². The quantitative estimate of drug-likeness (QED) is 0.196. The summed E-state index contributed by atoms with van der Waals surface area (Å²) in [6.07, 6.45) is 7.61. The summed E-state index contributed by atoms with van der Waals surface area (Å²) >= 11 is 12.4. The van der Waals surface area contributed by atoms with Crippen LogP contribution in [0.2, 0.25) is 10.0 Å². The fraction of sp³-hybridized carbons (Fsp3) is 0.182. The highest BCUT2D eigenvalue weighted by molar-refractivity contribution is 6.31. The van der Waals surface area contributed by atoms with Gasteiger partial charge in [-0.25, -0.2) is 0 Å². The van der Waals surface area contributed by atoms with Crippen LogP contribution in [-0.4, -0.2) is 6.21 Å². The second kappa shape index (κ2) is 10.7. The van der Waals surface area contributed by atoms with Crippen LogP contribution in [0, 0.1) is 12.8 Å². The van der Waals surface area contributed by atoms with Gasteiger partial charge in [-0.2, -0.15) is 0 Å². The molecule has 0 unspecified atom stereocenters. The Hall–Kier alpha value is -3.53. The first-order chi connectivity index (χ1) is 18.5. The van der Waals surface area contributed by atoms with Gasteiger partial charge in [0.2, 0.25) is 0 Å². The van der Waals surface area contributed by atoms with E-state index in [2.05, 4.69) is 66.9 Å². The number of anilines is 1. The van der Waals surface area contributed by atoms with Gasteiger partial charge >= 0.3 is 0 Å². The Morgan fingerprint density at radius 1 is 0.947 bits per heavy atom. The van der Waals surface area contributed by atoms with Crippen molar-refractivity contribution in [1.29, 1.82) is 0 Å². The number of fused-ring (bicyclic) bond motifs is 3. The molecule has 0 radical (unpaired) electrons. The van der Waals surface area contributed by atoms with Gasteiger partial charge in [0.1, 0.15) is 12.4 Å². The number of benzene rings is 4. The van der Waals surface area contributed by atoms with Crippen LogP contribution < -0.4 is 10.1 Å². The lowest BCUT2D eigenvalue weighted by molar-refractivity contribution is 0.306. The summed E-state index contributed by atoms with van der Waals surface area (Å²) in [6.45, 7) is 2.57. The molecular formula is C33H28Cl2N2O. The molecule has 0 amide bonds. The summed E-state index contributed by atoms with van der Waals surface area (Å²) < 4.78 is 6.07. The van der Waals surface area contributed by atoms with Crippen LogP contribution in [0.4, 0.5) is 11.4 Å². The number of nitrogens with one attached hydrogen (secondary N) is 1. The molecule has 1 aliphatic carbocycles. The predicted octanol–water partition coefficient (Wildman–Crippen LogP) is 9.46. The number of nitrogens with zero attached hydrogens (tertiary/aromatic N) is 1. The van der Waals surface area contributed by atoms with Gasteiger partial charge in [-0.1, -0.05) is 77.3 Å². The average Bonchev–Trinajstić information content (AvgIpc) is 3.42. The number of hydrogen-bond donors (Lipinski definition) is 1. The molecular weight excluding hydrogens is 511 g/mol. The largest absolute Gasteiger partial charge is 0.488 e. The first-order valence-corrected chi connectivity index (χ1v) is 13.6. The molecule has 1 N–H and O–H groups in total. The Balaban J connectivity index is 1.19. The summed E-state index contributed by atoms with van der Waals surface area (Å²) in [4.78, 5) is 4.73. The molecule has 0 spiro atoms. The first-order valence-electron chi connectivity index (χ1n) is 12.9. The summed E-state index contributed by atoms with van der Waals surface area (Å²) in [5, 5.41) is 5.14. The lowest BCUT2D eigenvalue weighted by Gasteiger charge is -2.37. The molecule has 0 saturated heterocycles. The lowest BCUT2D eigenvalue weighted by atomic mass is 9.76. The highest BCUT2D eigenvalue weighted by Gasteiger charge is 2.37. The van der Waals surface area contributed by atoms with Gasteiger partial charge in [0.15, 0.2) is 0 Å². The molecule has 1 heterocycles. The third kappa shape index (κ3) is 5.22. The van der Waals surface area contributed by atoms with Crippen molar-refractivity contribution in [3.63, 3.8) is 0 Å². The zero-order valence-corrected chi connectivity index (χ0v) is 22.6. The molecule has 0 aromatic heterocycles. The van der Waals surface area contributed by atoms with E-state index in [1.54, 1.807) is 0 Å². The van der Waals surface area contributed by atoms with E-state index in [9.17, 15) is 0 Å². The number of hydrogen-bond acceptors (Lipinski definition) is 3. The Bertz CT molecular complexity index is 1530. The highest BCUT2D eigenvalue weighted by Crippen LogP contribution is 2.50. The van der Waals surface area contributed by atoms with Crippen LogP contribution in [0.3, 0.4) is 0 Å². The lowest BCUT2D eigenvalue weighted by Crippen LogP contribution is -2.29. The van der Waals surface area contributed by atoms with Crippen molar-refractivity contribution in [1.82, 2.24) is 0 Å². The maximum Gasteiger partial charge on any atom is 0.128 e. The van der Waals surface area contributed by atoms with Gasteiger partial charge in [0.25, 0.3) is 0 Å². The maximum atomic E-state index is 6.29. The van der Waals surface area contributed by atoms with Crippen molar-refractivity contribution in [2.45, 2.75) is 31.9 Å². The molecule has 0 fully saturated rings. The fourth-order valence-corrected chi connectivity index (χ4v) is 5.89. The van der Waals surface area contributed by atoms with E-state index < -0.39 is 0 Å². The monoisotopic (exact) mass is 538 g/mol. The van der Waals surface area contributed by atoms with E-state index in [-0.39, 0.29) is 6.04 Å². The third-order valence-corrected chi connectivity index (χ3v) is 7.85. The number of aliphatic imine (C=N–C) groups is 1. The summed E-state index contributed by atoms with van der Waals surface area (Å²) in [5.41, 5.74) is 7.94. The molecule has 4 aromatic carbocycles. The molecule has 3 nitrogen and oxygen atoms in total. The van der Waals surface area contributed by atoms with E-state index in [1.165, 1.54) is 22.4 Å². The highest BCUT2D eigenvalue weighted by atomic mass is 35.5. The van der Waals surface area contributed by atoms with Crippen LogP contribution in [-0.2, 0) is 6.61 Å². The Kier molecular flexibility index (Phi) is 6.97. The zero-order valence-electron chi connectivity index (χ0n) is 21.1. The molecule has 4 aromatic rings. The van der Waals surface area contributed by atoms with Crippen LogP contribution >= 0.6 is 23.2 Å². The molecule has 38 heavy (non-hydrogen) atoms. The second-order valence-corrected chi connectivity index (χ2v) is 10.9. The zero-order chi connectivity index (χ0) is 26.1. The number of ether oxygens (including phenoxy) is 1. The molecule has 6 rings (SSSR count). The van der Waals surface area contributed by atoms with Crippen molar-refractivity contribution >= 4 is 40.8 Å². The molecule has 1 aliphatic heterocycles. The molecule has 0 bridgehead atoms. The molecule has 3 atom stereocenters. The summed E-state index contributed by atoms with van der Waals surface area (Å²) in [5.74, 6) is 1.70. The minimum atomic E-state index is 0.266. The standard InChI is InChI=1S/C33H28Cl2N2O/c1-21-8-14-31-30(16-21)28-6-3-7-29(28)33(37-31)23-9-12-27(13-10-23)36-19-24-18-26(35)11-15-32(24)38-20-22-4-2-5-25(34)17-22/h2-6,8-19,28-29,33,37H,7,20H2,1H3/t28-,29+,33-/m1/s1. The van der Waals surface area contributed by atoms with Crippen molar-refractivity contribution in [2.24, 2.45) is 10.9 Å². The number of halogens is 2. The van der Waals surface area contributed by atoms with E-state index in [0.29, 0.717) is 28.5 Å². The van der Waals surface area contributed by atoms with Crippen LogP contribution in [0.25, 0.3) is 0 Å². The van der Waals surface area contributed by atoms with Crippen LogP contribution in [0.5, 0.6) is 5.75 Å². The number of rotatable bonds is 6. The molecule has 190 valence electrons. The van der Waals surface area contributed by atoms with Gasteiger partial charge in [0.05, 0.1) is 11.7 Å². The van der Waals surface area contributed by atoms with Crippen molar-refractivity contribution in [3.05, 3.63) is 135 Å². The van der Waals surface area contributed by atoms with Crippen molar-refractivity contribution in [2.75, 3.05) is 5.32 Å². The van der Waals surface area contributed by atoms with Gasteiger partial charge in [-0.3, -0.25) is 4.99 Å². The van der Waals surface area contributed by atoms with Crippen LogP contribution in [0.1, 0.15) is 46.2 Å². The Morgan fingerprint density at radius 3 is 2.63 bits per heavy atom. The normalized spacial score (nSPS) is 19.7. The van der Waals surface area contributed by atoms with Crippen molar-refractivity contribution < 1.29 is 4.74 Å². The summed E-state index contributed by atoms with van der Waals surface area (Å²) in [7, 11) is 0. The molecule has 0 saturated carbocycles. The second-order valence-electron chi connectivity index (χ2n) is 10.0. The fourth-order valence-electron chi connectivity index (χ4n) is 5.50. The van der Waals surface area contributed by atoms with E-state index >= 15 is 0 Å².